The largest absolute Gasteiger partial charge is 0.469 e. The molecule has 0 aliphatic carbocycles. The third kappa shape index (κ3) is 2.64. The molecule has 2 aromatic rings. The van der Waals surface area contributed by atoms with E-state index in [2.05, 4.69) is 16.5 Å². The molecule has 0 aromatic carbocycles. The van der Waals surface area contributed by atoms with Crippen LogP contribution >= 0.6 is 0 Å². The minimum atomic E-state index is -0.545. The smallest absolute Gasteiger partial charge is 0.111 e. The van der Waals surface area contributed by atoms with Crippen molar-refractivity contribution in [1.29, 1.82) is 0 Å². The van der Waals surface area contributed by atoms with Crippen LogP contribution in [0.4, 0.5) is 0 Å². The highest BCUT2D eigenvalue weighted by molar-refractivity contribution is 5.21. The van der Waals surface area contributed by atoms with Crippen molar-refractivity contribution in [3.63, 3.8) is 0 Å². The van der Waals surface area contributed by atoms with Crippen LogP contribution < -0.4 is 0 Å². The Bertz CT molecular complexity index is 487. The first-order valence-electron chi connectivity index (χ1n) is 6.50. The molecule has 0 fully saturated rings. The van der Waals surface area contributed by atoms with Crippen LogP contribution in [0.2, 0.25) is 0 Å². The summed E-state index contributed by atoms with van der Waals surface area (Å²) in [7, 11) is 0. The number of hydrogen-bond acceptors (Lipinski definition) is 3. The molecule has 2 heterocycles. The van der Waals surface area contributed by atoms with Gasteiger partial charge in [0.25, 0.3) is 0 Å². The zero-order valence-corrected chi connectivity index (χ0v) is 11.0. The SMILES string of the molecule is CCCn1ccnc1CC(O)c1ccoc1CC. The fraction of sp³-hybridized carbons (Fsp3) is 0.500. The van der Waals surface area contributed by atoms with Crippen molar-refractivity contribution < 1.29 is 9.52 Å². The molecule has 1 atom stereocenters. The molecule has 0 saturated carbocycles. The van der Waals surface area contributed by atoms with Gasteiger partial charge in [-0.25, -0.2) is 4.98 Å². The summed E-state index contributed by atoms with van der Waals surface area (Å²) in [6.45, 7) is 5.09. The van der Waals surface area contributed by atoms with Crippen molar-refractivity contribution in [3.05, 3.63) is 41.9 Å². The zero-order valence-electron chi connectivity index (χ0n) is 11.0. The van der Waals surface area contributed by atoms with Gasteiger partial charge in [-0.05, 0) is 12.5 Å². The fourth-order valence-electron chi connectivity index (χ4n) is 2.19. The zero-order chi connectivity index (χ0) is 13.0. The monoisotopic (exact) mass is 248 g/mol. The van der Waals surface area contributed by atoms with Crippen molar-refractivity contribution >= 4 is 0 Å². The summed E-state index contributed by atoms with van der Waals surface area (Å²) in [6.07, 6.45) is 7.22. The lowest BCUT2D eigenvalue weighted by molar-refractivity contribution is 0.172. The molecule has 0 aliphatic rings. The van der Waals surface area contributed by atoms with E-state index in [9.17, 15) is 5.11 Å². The third-order valence-corrected chi connectivity index (χ3v) is 3.10. The van der Waals surface area contributed by atoms with E-state index in [1.165, 1.54) is 0 Å². The molecule has 1 N–H and O–H groups in total. The Morgan fingerprint density at radius 3 is 3.00 bits per heavy atom. The van der Waals surface area contributed by atoms with Crippen LogP contribution in [-0.4, -0.2) is 14.7 Å². The van der Waals surface area contributed by atoms with Crippen LogP contribution in [0.3, 0.4) is 0 Å². The first kappa shape index (κ1) is 12.9. The number of nitrogens with zero attached hydrogens (tertiary/aromatic N) is 2. The summed E-state index contributed by atoms with van der Waals surface area (Å²) < 4.78 is 7.44. The maximum atomic E-state index is 10.3. The van der Waals surface area contributed by atoms with E-state index >= 15 is 0 Å². The minimum Gasteiger partial charge on any atom is -0.469 e. The molecule has 4 heteroatoms. The van der Waals surface area contributed by atoms with E-state index in [4.69, 9.17) is 4.42 Å². The number of furan rings is 1. The van der Waals surface area contributed by atoms with Crippen LogP contribution in [0.5, 0.6) is 0 Å². The average molecular weight is 248 g/mol. The van der Waals surface area contributed by atoms with E-state index < -0.39 is 6.10 Å². The molecule has 2 aromatic heterocycles. The Hall–Kier alpha value is -1.55. The maximum absolute atomic E-state index is 10.3. The van der Waals surface area contributed by atoms with Gasteiger partial charge in [0.05, 0.1) is 12.4 Å². The Kier molecular flexibility index (Phi) is 4.20. The van der Waals surface area contributed by atoms with Crippen LogP contribution in [0.25, 0.3) is 0 Å². The number of hydrogen-bond donors (Lipinski definition) is 1. The molecule has 0 saturated heterocycles. The Labute approximate surface area is 107 Å². The third-order valence-electron chi connectivity index (χ3n) is 3.10. The highest BCUT2D eigenvalue weighted by atomic mass is 16.3. The van der Waals surface area contributed by atoms with Gasteiger partial charge in [-0.15, -0.1) is 0 Å². The summed E-state index contributed by atoms with van der Waals surface area (Å²) in [5.41, 5.74) is 0.878. The lowest BCUT2D eigenvalue weighted by atomic mass is 10.1. The number of rotatable bonds is 6. The first-order chi connectivity index (χ1) is 8.76. The highest BCUT2D eigenvalue weighted by Crippen LogP contribution is 2.23. The Morgan fingerprint density at radius 2 is 2.28 bits per heavy atom. The van der Waals surface area contributed by atoms with Crippen LogP contribution in [0, 0.1) is 0 Å². The van der Waals surface area contributed by atoms with Crippen molar-refractivity contribution in [2.75, 3.05) is 0 Å². The topological polar surface area (TPSA) is 51.2 Å². The van der Waals surface area contributed by atoms with Crippen molar-refractivity contribution in [1.82, 2.24) is 9.55 Å². The molecule has 0 bridgehead atoms. The molecular weight excluding hydrogens is 228 g/mol. The Balaban J connectivity index is 2.11. The number of aliphatic hydroxyl groups is 1. The van der Waals surface area contributed by atoms with E-state index in [1.54, 1.807) is 12.5 Å². The molecule has 0 amide bonds. The molecule has 0 spiro atoms. The Morgan fingerprint density at radius 1 is 1.44 bits per heavy atom. The first-order valence-corrected chi connectivity index (χ1v) is 6.50. The van der Waals surface area contributed by atoms with Gasteiger partial charge in [-0.2, -0.15) is 0 Å². The number of imidazole rings is 1. The van der Waals surface area contributed by atoms with Crippen molar-refractivity contribution in [2.45, 2.75) is 45.8 Å². The summed E-state index contributed by atoms with van der Waals surface area (Å²) in [5, 5.41) is 10.3. The quantitative estimate of drug-likeness (QED) is 0.855. The van der Waals surface area contributed by atoms with E-state index in [0.29, 0.717) is 6.42 Å². The van der Waals surface area contributed by atoms with Crippen LogP contribution in [0.15, 0.2) is 29.1 Å². The van der Waals surface area contributed by atoms with E-state index in [1.807, 2.05) is 19.2 Å². The molecule has 2 rings (SSSR count). The van der Waals surface area contributed by atoms with Crippen molar-refractivity contribution in [2.24, 2.45) is 0 Å². The van der Waals surface area contributed by atoms with Gasteiger partial charge in [-0.1, -0.05) is 13.8 Å². The van der Waals surface area contributed by atoms with Gasteiger partial charge in [-0.3, -0.25) is 0 Å². The van der Waals surface area contributed by atoms with Gasteiger partial charge in [0.1, 0.15) is 11.6 Å². The molecule has 0 radical (unpaired) electrons. The summed E-state index contributed by atoms with van der Waals surface area (Å²) in [4.78, 5) is 4.31. The number of aliphatic hydroxyl groups excluding tert-OH is 1. The number of aryl methyl sites for hydroxylation is 2. The second-order valence-corrected chi connectivity index (χ2v) is 4.41. The van der Waals surface area contributed by atoms with Gasteiger partial charge in [0.15, 0.2) is 0 Å². The standard InChI is InChI=1S/C14H20N2O2/c1-3-7-16-8-6-15-14(16)10-12(17)11-5-9-18-13(11)4-2/h5-6,8-9,12,17H,3-4,7,10H2,1-2H3. The average Bonchev–Trinajstić information content (AvgIpc) is 2.98. The lowest BCUT2D eigenvalue weighted by Crippen LogP contribution is -2.09. The van der Waals surface area contributed by atoms with Crippen LogP contribution in [0.1, 0.15) is 43.5 Å². The predicted octanol–water partition coefficient (Wildman–Crippen LogP) is 2.72. The van der Waals surface area contributed by atoms with Gasteiger partial charge < -0.3 is 14.1 Å². The van der Waals surface area contributed by atoms with E-state index in [-0.39, 0.29) is 0 Å². The van der Waals surface area contributed by atoms with Gasteiger partial charge in [0.2, 0.25) is 0 Å². The predicted molar refractivity (Wildman–Crippen MR) is 69.3 cm³/mol. The lowest BCUT2D eigenvalue weighted by Gasteiger charge is -2.11. The summed E-state index contributed by atoms with van der Waals surface area (Å²) in [5.74, 6) is 1.78. The second kappa shape index (κ2) is 5.87. The van der Waals surface area contributed by atoms with Crippen LogP contribution in [-0.2, 0) is 19.4 Å². The molecule has 18 heavy (non-hydrogen) atoms. The molecule has 0 aliphatic heterocycles. The van der Waals surface area contributed by atoms with Gasteiger partial charge >= 0.3 is 0 Å². The number of aromatic nitrogens is 2. The second-order valence-electron chi connectivity index (χ2n) is 4.41. The minimum absolute atomic E-state index is 0.527. The molecule has 4 nitrogen and oxygen atoms in total. The molecule has 98 valence electrons. The van der Waals surface area contributed by atoms with Crippen molar-refractivity contribution in [3.8, 4) is 0 Å². The fourth-order valence-corrected chi connectivity index (χ4v) is 2.19. The summed E-state index contributed by atoms with van der Waals surface area (Å²) in [6, 6.07) is 1.84. The van der Waals surface area contributed by atoms with E-state index in [0.717, 1.165) is 36.5 Å². The molecular formula is C14H20N2O2. The normalized spacial score (nSPS) is 12.8. The molecule has 1 unspecified atom stereocenters. The summed E-state index contributed by atoms with van der Waals surface area (Å²) >= 11 is 0. The highest BCUT2D eigenvalue weighted by Gasteiger charge is 2.17. The maximum Gasteiger partial charge on any atom is 0.111 e. The van der Waals surface area contributed by atoms with Gasteiger partial charge in [0, 0.05) is 37.3 Å².